The third-order valence-electron chi connectivity index (χ3n) is 12.3. The van der Waals surface area contributed by atoms with Crippen LogP contribution in [0.4, 0.5) is 4.39 Å². The van der Waals surface area contributed by atoms with E-state index in [0.717, 1.165) is 25.7 Å². The van der Waals surface area contributed by atoms with Gasteiger partial charge in [-0.05, 0) is 79.2 Å². The molecule has 1 aromatic carbocycles. The van der Waals surface area contributed by atoms with Gasteiger partial charge in [0.25, 0.3) is 0 Å². The lowest BCUT2D eigenvalue weighted by Gasteiger charge is -2.62. The smallest absolute Gasteiger partial charge is 0.479 e. The summed E-state index contributed by atoms with van der Waals surface area (Å²) in [4.78, 5) is 39.9. The van der Waals surface area contributed by atoms with Gasteiger partial charge in [-0.2, -0.15) is 0 Å². The second-order valence-corrected chi connectivity index (χ2v) is 14.8. The zero-order chi connectivity index (χ0) is 31.6. The highest BCUT2D eigenvalue weighted by Crippen LogP contribution is 2.68. The summed E-state index contributed by atoms with van der Waals surface area (Å²) in [7, 11) is -1.40. The van der Waals surface area contributed by atoms with Crippen molar-refractivity contribution >= 4 is 30.2 Å². The molecule has 1 aliphatic heterocycles. The topological polar surface area (TPSA) is 131 Å². The van der Waals surface area contributed by atoms with Crippen molar-refractivity contribution in [3.63, 3.8) is 0 Å². The van der Waals surface area contributed by atoms with E-state index < -0.39 is 54.0 Å². The first-order valence-electron chi connectivity index (χ1n) is 16.2. The minimum atomic E-state index is -1.40. The highest BCUT2D eigenvalue weighted by molar-refractivity contribution is 6.61. The van der Waals surface area contributed by atoms with Gasteiger partial charge in [0.1, 0.15) is 11.9 Å². The summed E-state index contributed by atoms with van der Waals surface area (Å²) in [5, 5.41) is 25.1. The Morgan fingerprint density at radius 2 is 1.93 bits per heavy atom. The molecule has 9 nitrogen and oxygen atoms in total. The Morgan fingerprint density at radius 1 is 1.18 bits per heavy atom. The summed E-state index contributed by atoms with van der Waals surface area (Å²) >= 11 is 0. The van der Waals surface area contributed by atoms with Gasteiger partial charge in [0.05, 0.1) is 12.7 Å². The minimum Gasteiger partial charge on any atom is -0.479 e. The fourth-order valence-electron chi connectivity index (χ4n) is 9.23. The third-order valence-corrected chi connectivity index (χ3v) is 12.3. The number of ether oxygens (including phenoxy) is 2. The Hall–Kier alpha value is -2.50. The van der Waals surface area contributed by atoms with E-state index in [1.54, 1.807) is 6.07 Å². The highest BCUT2D eigenvalue weighted by atomic mass is 19.1. The first-order chi connectivity index (χ1) is 20.8. The largest absolute Gasteiger partial charge is 0.494 e. The lowest BCUT2D eigenvalue weighted by molar-refractivity contribution is -0.213. The molecule has 1 amide bonds. The standard InChI is InChI=1S/C33H45BFNO8/c1-18-9-13-33-14-10-22(37)29(33)32(18,4)24(15-31(3,30(40)19(33)2)12-11-25(38)36-21-6-7-21)44-26(39)17-42-23-8-5-20-16-43-34(41)27(20)28(23)35/h5,8,18-19,21,24,29-30,40-41H,6-7,9-17H2,1-4H3,(H,36,38)/t18-,19-,24+,29-,30-,31+,32-,33-/m0/s1. The number of esters is 1. The van der Waals surface area contributed by atoms with E-state index in [0.29, 0.717) is 24.8 Å². The van der Waals surface area contributed by atoms with Crippen LogP contribution < -0.4 is 15.5 Å². The molecule has 4 aliphatic carbocycles. The molecule has 0 saturated heterocycles. The molecule has 240 valence electrons. The van der Waals surface area contributed by atoms with Crippen LogP contribution in [-0.2, 0) is 30.4 Å². The summed E-state index contributed by atoms with van der Waals surface area (Å²) in [5.74, 6) is -2.07. The summed E-state index contributed by atoms with van der Waals surface area (Å²) in [5.41, 5.74) is -1.38. The molecule has 4 saturated carbocycles. The molecule has 4 fully saturated rings. The molecule has 5 aliphatic rings. The van der Waals surface area contributed by atoms with Crippen molar-refractivity contribution in [3.05, 3.63) is 23.5 Å². The quantitative estimate of drug-likeness (QED) is 0.301. The molecule has 1 aromatic rings. The van der Waals surface area contributed by atoms with Crippen molar-refractivity contribution in [1.82, 2.24) is 5.32 Å². The van der Waals surface area contributed by atoms with Crippen LogP contribution in [0.25, 0.3) is 0 Å². The van der Waals surface area contributed by atoms with Gasteiger partial charge < -0.3 is 29.6 Å². The number of hydrogen-bond acceptors (Lipinski definition) is 8. The van der Waals surface area contributed by atoms with Crippen LogP contribution in [0.3, 0.4) is 0 Å². The number of carbonyl (C=O) groups excluding carboxylic acids is 3. The minimum absolute atomic E-state index is 0.000101. The molecule has 1 heterocycles. The molecular weight excluding hydrogens is 568 g/mol. The van der Waals surface area contributed by atoms with E-state index in [9.17, 15) is 24.5 Å². The van der Waals surface area contributed by atoms with Crippen molar-refractivity contribution in [2.24, 2.45) is 34.0 Å². The number of aliphatic hydroxyl groups is 1. The zero-order valence-corrected chi connectivity index (χ0v) is 26.2. The van der Waals surface area contributed by atoms with E-state index in [2.05, 4.69) is 26.1 Å². The van der Waals surface area contributed by atoms with E-state index >= 15 is 4.39 Å². The Labute approximate surface area is 258 Å². The van der Waals surface area contributed by atoms with Crippen molar-refractivity contribution in [2.75, 3.05) is 6.61 Å². The van der Waals surface area contributed by atoms with E-state index in [-0.39, 0.29) is 66.1 Å². The number of nitrogens with one attached hydrogen (secondary N) is 1. The van der Waals surface area contributed by atoms with E-state index in [1.165, 1.54) is 6.07 Å². The number of amides is 1. The van der Waals surface area contributed by atoms with Gasteiger partial charge in [-0.1, -0.05) is 33.8 Å². The van der Waals surface area contributed by atoms with E-state index in [1.807, 2.05) is 6.92 Å². The maximum absolute atomic E-state index is 15.1. The predicted octanol–water partition coefficient (Wildman–Crippen LogP) is 3.20. The second kappa shape index (κ2) is 11.4. The molecule has 6 rings (SSSR count). The third kappa shape index (κ3) is 5.16. The Bertz CT molecular complexity index is 1340. The molecule has 3 N–H and O–H groups in total. The Balaban J connectivity index is 1.28. The Morgan fingerprint density at radius 3 is 2.66 bits per heavy atom. The molecular formula is C33H45BFNO8. The van der Waals surface area contributed by atoms with Gasteiger partial charge in [0.15, 0.2) is 18.2 Å². The van der Waals surface area contributed by atoms with Crippen LogP contribution in [0.15, 0.2) is 12.1 Å². The first kappa shape index (κ1) is 31.5. The molecule has 0 spiro atoms. The van der Waals surface area contributed by atoms with Gasteiger partial charge in [0, 0.05) is 35.7 Å². The van der Waals surface area contributed by atoms with Gasteiger partial charge in [-0.3, -0.25) is 9.59 Å². The van der Waals surface area contributed by atoms with Crippen molar-refractivity contribution in [3.8, 4) is 5.75 Å². The molecule has 8 atom stereocenters. The number of rotatable bonds is 8. The lowest BCUT2D eigenvalue weighted by Crippen LogP contribution is -2.63. The highest BCUT2D eigenvalue weighted by Gasteiger charge is 2.68. The van der Waals surface area contributed by atoms with Gasteiger partial charge in [0.2, 0.25) is 5.91 Å². The number of fused-ring (bicyclic) bond motifs is 1. The SMILES string of the molecule is C[C@H]1[C@H](O)[C@](C)(CCC(=O)NC2CC2)C[C@@H](OC(=O)COc2ccc3c(c2F)B(O)OC3)[C@@]2(C)[C@@H]3C(=O)CC[C@]31CC[C@@H]2C. The van der Waals surface area contributed by atoms with Crippen LogP contribution in [0.1, 0.15) is 91.0 Å². The fraction of sp³-hybridized carbons (Fsp3) is 0.727. The van der Waals surface area contributed by atoms with Crippen LogP contribution in [0.5, 0.6) is 5.75 Å². The summed E-state index contributed by atoms with van der Waals surface area (Å²) in [6.45, 7) is 7.72. The summed E-state index contributed by atoms with van der Waals surface area (Å²) in [6.07, 6.45) is 4.13. The monoisotopic (exact) mass is 613 g/mol. The van der Waals surface area contributed by atoms with Crippen LogP contribution in [-0.4, -0.2) is 59.8 Å². The van der Waals surface area contributed by atoms with Gasteiger partial charge in [-0.15, -0.1) is 0 Å². The molecule has 2 bridgehead atoms. The maximum Gasteiger partial charge on any atom is 0.494 e. The van der Waals surface area contributed by atoms with Gasteiger partial charge >= 0.3 is 13.1 Å². The number of aliphatic hydroxyl groups excluding tert-OH is 1. The lowest BCUT2D eigenvalue weighted by atomic mass is 9.43. The van der Waals surface area contributed by atoms with Crippen molar-refractivity contribution in [2.45, 2.75) is 110 Å². The number of hydrogen-bond donors (Lipinski definition) is 3. The second-order valence-electron chi connectivity index (χ2n) is 14.8. The van der Waals surface area contributed by atoms with Crippen LogP contribution in [0.2, 0.25) is 0 Å². The Kier molecular flexibility index (Phi) is 8.15. The number of Topliss-reactive ketones (excluding diaryl/α,β-unsaturated/α-hetero) is 1. The number of halogens is 1. The zero-order valence-electron chi connectivity index (χ0n) is 26.2. The summed E-state index contributed by atoms with van der Waals surface area (Å²) < 4.78 is 32.0. The predicted molar refractivity (Wildman–Crippen MR) is 159 cm³/mol. The molecule has 0 aromatic heterocycles. The number of benzene rings is 1. The molecule has 0 unspecified atom stereocenters. The fourth-order valence-corrected chi connectivity index (χ4v) is 9.23. The average molecular weight is 614 g/mol. The maximum atomic E-state index is 15.1. The molecule has 0 radical (unpaired) electrons. The van der Waals surface area contributed by atoms with Gasteiger partial charge in [-0.25, -0.2) is 9.18 Å². The van der Waals surface area contributed by atoms with Crippen LogP contribution >= 0.6 is 0 Å². The van der Waals surface area contributed by atoms with Crippen molar-refractivity contribution in [1.29, 1.82) is 0 Å². The van der Waals surface area contributed by atoms with E-state index in [4.69, 9.17) is 14.1 Å². The number of ketones is 1. The first-order valence-corrected chi connectivity index (χ1v) is 16.2. The number of carbonyl (C=O) groups is 3. The summed E-state index contributed by atoms with van der Waals surface area (Å²) in [6, 6.07) is 3.23. The van der Waals surface area contributed by atoms with Crippen molar-refractivity contribution < 1.29 is 43.0 Å². The average Bonchev–Trinajstić information content (AvgIpc) is 3.62. The van der Waals surface area contributed by atoms with Crippen LogP contribution in [0, 0.1) is 39.8 Å². The molecule has 11 heteroatoms. The normalized spacial score (nSPS) is 37.9. The molecule has 44 heavy (non-hydrogen) atoms.